The number of aliphatic carboxylic acids is 1. The molecule has 18 heavy (non-hydrogen) atoms. The maximum atomic E-state index is 10.9. The Morgan fingerprint density at radius 1 is 1.28 bits per heavy atom. The van der Waals surface area contributed by atoms with Crippen molar-refractivity contribution in [3.05, 3.63) is 41.7 Å². The SMILES string of the molecule is O=C(O)Cc1cccc2c(C3CCC3)nccc12. The number of benzene rings is 1. The minimum atomic E-state index is -0.787. The van der Waals surface area contributed by atoms with Gasteiger partial charge in [0.1, 0.15) is 0 Å². The molecule has 0 saturated heterocycles. The fourth-order valence-corrected chi connectivity index (χ4v) is 2.62. The van der Waals surface area contributed by atoms with E-state index in [9.17, 15) is 4.79 Å². The highest BCUT2D eigenvalue weighted by atomic mass is 16.4. The van der Waals surface area contributed by atoms with Crippen molar-refractivity contribution in [1.82, 2.24) is 4.98 Å². The van der Waals surface area contributed by atoms with E-state index in [0.29, 0.717) is 5.92 Å². The largest absolute Gasteiger partial charge is 0.481 e. The summed E-state index contributed by atoms with van der Waals surface area (Å²) in [7, 11) is 0. The number of carbonyl (C=O) groups is 1. The molecule has 92 valence electrons. The molecule has 1 fully saturated rings. The van der Waals surface area contributed by atoms with Crippen molar-refractivity contribution in [3.63, 3.8) is 0 Å². The Bertz CT molecular complexity index is 602. The van der Waals surface area contributed by atoms with Crippen LogP contribution < -0.4 is 0 Å². The van der Waals surface area contributed by atoms with Crippen molar-refractivity contribution in [3.8, 4) is 0 Å². The van der Waals surface area contributed by atoms with Crippen molar-refractivity contribution >= 4 is 16.7 Å². The smallest absolute Gasteiger partial charge is 0.307 e. The van der Waals surface area contributed by atoms with Crippen LogP contribution in [0.1, 0.15) is 36.4 Å². The van der Waals surface area contributed by atoms with Crippen LogP contribution in [0.15, 0.2) is 30.5 Å². The zero-order valence-corrected chi connectivity index (χ0v) is 10.1. The zero-order chi connectivity index (χ0) is 12.5. The van der Waals surface area contributed by atoms with E-state index < -0.39 is 5.97 Å². The van der Waals surface area contributed by atoms with E-state index >= 15 is 0 Å². The minimum absolute atomic E-state index is 0.0749. The van der Waals surface area contributed by atoms with E-state index in [-0.39, 0.29) is 6.42 Å². The third kappa shape index (κ3) is 1.86. The first-order valence-electron chi connectivity index (χ1n) is 6.34. The second kappa shape index (κ2) is 4.41. The van der Waals surface area contributed by atoms with E-state index in [0.717, 1.165) is 22.0 Å². The van der Waals surface area contributed by atoms with E-state index in [2.05, 4.69) is 11.1 Å². The van der Waals surface area contributed by atoms with Crippen LogP contribution in [0.3, 0.4) is 0 Å². The van der Waals surface area contributed by atoms with Gasteiger partial charge in [-0.25, -0.2) is 0 Å². The van der Waals surface area contributed by atoms with Gasteiger partial charge in [-0.05, 0) is 29.9 Å². The summed E-state index contributed by atoms with van der Waals surface area (Å²) in [6.07, 6.45) is 5.56. The van der Waals surface area contributed by atoms with Gasteiger partial charge in [-0.2, -0.15) is 0 Å². The van der Waals surface area contributed by atoms with Crippen LogP contribution in [-0.2, 0) is 11.2 Å². The van der Waals surface area contributed by atoms with Gasteiger partial charge in [0.05, 0.1) is 12.1 Å². The van der Waals surface area contributed by atoms with Crippen molar-refractivity contribution in [2.75, 3.05) is 0 Å². The molecule has 2 aromatic rings. The number of fused-ring (bicyclic) bond motifs is 1. The minimum Gasteiger partial charge on any atom is -0.481 e. The third-order valence-corrected chi connectivity index (χ3v) is 3.76. The second-order valence-electron chi connectivity index (χ2n) is 4.91. The average Bonchev–Trinajstić information content (AvgIpc) is 2.27. The van der Waals surface area contributed by atoms with Crippen LogP contribution >= 0.6 is 0 Å². The third-order valence-electron chi connectivity index (χ3n) is 3.76. The molecule has 1 N–H and O–H groups in total. The molecule has 1 saturated carbocycles. The molecule has 1 aliphatic carbocycles. The van der Waals surface area contributed by atoms with Crippen LogP contribution in [0.4, 0.5) is 0 Å². The molecule has 0 bridgehead atoms. The van der Waals surface area contributed by atoms with Gasteiger partial charge in [-0.3, -0.25) is 9.78 Å². The molecule has 0 unspecified atom stereocenters. The van der Waals surface area contributed by atoms with Crippen molar-refractivity contribution in [2.24, 2.45) is 0 Å². The van der Waals surface area contributed by atoms with Crippen LogP contribution in [0, 0.1) is 0 Å². The van der Waals surface area contributed by atoms with Gasteiger partial charge in [-0.15, -0.1) is 0 Å². The lowest BCUT2D eigenvalue weighted by molar-refractivity contribution is -0.136. The van der Waals surface area contributed by atoms with Crippen molar-refractivity contribution in [1.29, 1.82) is 0 Å². The molecule has 1 aromatic heterocycles. The Hall–Kier alpha value is -1.90. The molecular formula is C15H15NO2. The van der Waals surface area contributed by atoms with Gasteiger partial charge in [0.2, 0.25) is 0 Å². The quantitative estimate of drug-likeness (QED) is 0.898. The lowest BCUT2D eigenvalue weighted by atomic mass is 9.81. The number of hydrogen-bond acceptors (Lipinski definition) is 2. The number of aromatic nitrogens is 1. The standard InChI is InChI=1S/C15H15NO2/c17-14(18)9-11-5-2-6-13-12(11)7-8-16-15(13)10-3-1-4-10/h2,5-8,10H,1,3-4,9H2,(H,17,18). The molecule has 3 nitrogen and oxygen atoms in total. The molecule has 0 atom stereocenters. The Kier molecular flexibility index (Phi) is 2.74. The highest BCUT2D eigenvalue weighted by Gasteiger charge is 2.23. The van der Waals surface area contributed by atoms with E-state index in [4.69, 9.17) is 5.11 Å². The number of rotatable bonds is 3. The number of hydrogen-bond donors (Lipinski definition) is 1. The van der Waals surface area contributed by atoms with Crippen LogP contribution in [0.2, 0.25) is 0 Å². The topological polar surface area (TPSA) is 50.2 Å². The first kappa shape index (κ1) is 11.2. The molecule has 3 heteroatoms. The monoisotopic (exact) mass is 241 g/mol. The first-order chi connectivity index (χ1) is 8.75. The summed E-state index contributed by atoms with van der Waals surface area (Å²) in [5, 5.41) is 11.1. The van der Waals surface area contributed by atoms with Gasteiger partial charge in [0, 0.05) is 17.5 Å². The lowest BCUT2D eigenvalue weighted by Crippen LogP contribution is -2.11. The second-order valence-corrected chi connectivity index (χ2v) is 4.91. The fourth-order valence-electron chi connectivity index (χ4n) is 2.62. The number of nitrogens with zero attached hydrogens (tertiary/aromatic N) is 1. The van der Waals surface area contributed by atoms with E-state index in [1.54, 1.807) is 6.20 Å². The van der Waals surface area contributed by atoms with Crippen molar-refractivity contribution in [2.45, 2.75) is 31.6 Å². The Morgan fingerprint density at radius 3 is 2.78 bits per heavy atom. The van der Waals surface area contributed by atoms with Crippen LogP contribution in [0.25, 0.3) is 10.8 Å². The van der Waals surface area contributed by atoms with Crippen LogP contribution in [0.5, 0.6) is 0 Å². The number of carboxylic acid groups (broad SMARTS) is 1. The maximum Gasteiger partial charge on any atom is 0.307 e. The summed E-state index contributed by atoms with van der Waals surface area (Å²) < 4.78 is 0. The van der Waals surface area contributed by atoms with Gasteiger partial charge in [0.15, 0.2) is 0 Å². The van der Waals surface area contributed by atoms with Gasteiger partial charge in [0.25, 0.3) is 0 Å². The lowest BCUT2D eigenvalue weighted by Gasteiger charge is -2.26. The fraction of sp³-hybridized carbons (Fsp3) is 0.333. The molecule has 1 aliphatic rings. The molecule has 1 heterocycles. The predicted octanol–water partition coefficient (Wildman–Crippen LogP) is 3.13. The summed E-state index contributed by atoms with van der Waals surface area (Å²) in [5.74, 6) is -0.224. The highest BCUT2D eigenvalue weighted by molar-refractivity contribution is 5.90. The summed E-state index contributed by atoms with van der Waals surface area (Å²) in [6, 6.07) is 7.81. The number of pyridine rings is 1. The number of carboxylic acids is 1. The van der Waals surface area contributed by atoms with Gasteiger partial charge in [-0.1, -0.05) is 24.6 Å². The predicted molar refractivity (Wildman–Crippen MR) is 69.7 cm³/mol. The maximum absolute atomic E-state index is 10.9. The normalized spacial score (nSPS) is 15.6. The summed E-state index contributed by atoms with van der Waals surface area (Å²) in [6.45, 7) is 0. The Labute approximate surface area is 105 Å². The summed E-state index contributed by atoms with van der Waals surface area (Å²) >= 11 is 0. The van der Waals surface area contributed by atoms with Crippen molar-refractivity contribution < 1.29 is 9.90 Å². The highest BCUT2D eigenvalue weighted by Crippen LogP contribution is 2.38. The molecular weight excluding hydrogens is 226 g/mol. The summed E-state index contributed by atoms with van der Waals surface area (Å²) in [5.41, 5.74) is 2.02. The molecule has 3 rings (SSSR count). The van der Waals surface area contributed by atoms with E-state index in [1.165, 1.54) is 19.3 Å². The van der Waals surface area contributed by atoms with Gasteiger partial charge >= 0.3 is 5.97 Å². The van der Waals surface area contributed by atoms with Crippen LogP contribution in [-0.4, -0.2) is 16.1 Å². The molecule has 0 amide bonds. The first-order valence-corrected chi connectivity index (χ1v) is 6.34. The van der Waals surface area contributed by atoms with Gasteiger partial charge < -0.3 is 5.11 Å². The zero-order valence-electron chi connectivity index (χ0n) is 10.1. The Balaban J connectivity index is 2.14. The average molecular weight is 241 g/mol. The molecule has 0 spiro atoms. The van der Waals surface area contributed by atoms with E-state index in [1.807, 2.05) is 18.2 Å². The molecule has 0 radical (unpaired) electrons. The summed E-state index contributed by atoms with van der Waals surface area (Å²) in [4.78, 5) is 15.4. The Morgan fingerprint density at radius 2 is 2.11 bits per heavy atom. The molecule has 1 aromatic carbocycles. The molecule has 0 aliphatic heterocycles.